The van der Waals surface area contributed by atoms with Crippen LogP contribution in [0.25, 0.3) is 0 Å². The smallest absolute Gasteiger partial charge is 0.242 e. The van der Waals surface area contributed by atoms with Gasteiger partial charge in [0.05, 0.1) is 13.5 Å². The summed E-state index contributed by atoms with van der Waals surface area (Å²) in [6.07, 6.45) is 0.260. The summed E-state index contributed by atoms with van der Waals surface area (Å²) < 4.78 is 5.20. The lowest BCUT2D eigenvalue weighted by atomic mass is 10.1. The highest BCUT2D eigenvalue weighted by molar-refractivity contribution is 5.88. The van der Waals surface area contributed by atoms with Crippen molar-refractivity contribution in [2.24, 2.45) is 0 Å². The Morgan fingerprint density at radius 1 is 0.964 bits per heavy atom. The first-order valence-electron chi connectivity index (χ1n) is 9.58. The van der Waals surface area contributed by atoms with Crippen molar-refractivity contribution in [2.45, 2.75) is 52.7 Å². The van der Waals surface area contributed by atoms with Gasteiger partial charge in [-0.2, -0.15) is 0 Å². The zero-order valence-electron chi connectivity index (χ0n) is 17.4. The van der Waals surface area contributed by atoms with E-state index in [1.54, 1.807) is 18.9 Å². The van der Waals surface area contributed by atoms with Crippen LogP contribution in [0, 0.1) is 6.92 Å². The molecule has 1 N–H and O–H groups in total. The zero-order chi connectivity index (χ0) is 20.7. The summed E-state index contributed by atoms with van der Waals surface area (Å²) in [4.78, 5) is 27.3. The van der Waals surface area contributed by atoms with E-state index in [9.17, 15) is 9.59 Å². The minimum absolute atomic E-state index is 0.0185. The van der Waals surface area contributed by atoms with Crippen LogP contribution in [-0.4, -0.2) is 35.9 Å². The number of methoxy groups -OCH3 is 1. The molecule has 0 heterocycles. The molecular weight excluding hydrogens is 352 g/mol. The fourth-order valence-corrected chi connectivity index (χ4v) is 2.90. The fourth-order valence-electron chi connectivity index (χ4n) is 2.90. The topological polar surface area (TPSA) is 58.6 Å². The number of aryl methyl sites for hydroxylation is 1. The highest BCUT2D eigenvalue weighted by Crippen LogP contribution is 2.16. The predicted octanol–water partition coefficient (Wildman–Crippen LogP) is 3.49. The lowest BCUT2D eigenvalue weighted by Gasteiger charge is -2.29. The first-order chi connectivity index (χ1) is 13.3. The lowest BCUT2D eigenvalue weighted by Crippen LogP contribution is -2.49. The number of nitrogens with one attached hydrogen (secondary N) is 1. The third-order valence-corrected chi connectivity index (χ3v) is 4.59. The van der Waals surface area contributed by atoms with E-state index in [1.807, 2.05) is 69.3 Å². The Bertz CT molecular complexity index is 782. The summed E-state index contributed by atoms with van der Waals surface area (Å²) in [5.74, 6) is 0.527. The molecule has 0 unspecified atom stereocenters. The van der Waals surface area contributed by atoms with Gasteiger partial charge in [0.2, 0.25) is 11.8 Å². The van der Waals surface area contributed by atoms with Gasteiger partial charge in [-0.25, -0.2) is 0 Å². The first kappa shape index (κ1) is 21.5. The molecule has 0 fully saturated rings. The number of hydrogen-bond donors (Lipinski definition) is 1. The van der Waals surface area contributed by atoms with Crippen molar-refractivity contribution >= 4 is 11.8 Å². The third-order valence-electron chi connectivity index (χ3n) is 4.59. The van der Waals surface area contributed by atoms with Crippen molar-refractivity contribution in [1.82, 2.24) is 10.2 Å². The lowest BCUT2D eigenvalue weighted by molar-refractivity contribution is -0.140. The molecule has 5 nitrogen and oxygen atoms in total. The summed E-state index contributed by atoms with van der Waals surface area (Å²) in [6.45, 7) is 7.97. The maximum atomic E-state index is 13.1. The molecule has 0 bridgehead atoms. The Balaban J connectivity index is 2.21. The van der Waals surface area contributed by atoms with Crippen LogP contribution >= 0.6 is 0 Å². The molecule has 2 amide bonds. The molecule has 0 aliphatic carbocycles. The van der Waals surface area contributed by atoms with Gasteiger partial charge in [-0.3, -0.25) is 9.59 Å². The normalized spacial score (nSPS) is 11.8. The molecule has 0 spiro atoms. The molecule has 28 heavy (non-hydrogen) atoms. The van der Waals surface area contributed by atoms with Gasteiger partial charge in [0.1, 0.15) is 11.8 Å². The van der Waals surface area contributed by atoms with Crippen LogP contribution in [0.5, 0.6) is 5.75 Å². The molecule has 0 aromatic heterocycles. The molecule has 0 aliphatic heterocycles. The molecule has 2 aromatic rings. The van der Waals surface area contributed by atoms with Gasteiger partial charge in [-0.1, -0.05) is 42.0 Å². The van der Waals surface area contributed by atoms with Crippen LogP contribution < -0.4 is 10.1 Å². The highest BCUT2D eigenvalue weighted by atomic mass is 16.5. The van der Waals surface area contributed by atoms with Crippen molar-refractivity contribution in [1.29, 1.82) is 0 Å². The van der Waals surface area contributed by atoms with Gasteiger partial charge in [-0.15, -0.1) is 0 Å². The SMILES string of the molecule is COc1ccc(CN(C(=O)Cc2ccc(C)cc2)[C@H](C)C(=O)NC(C)C)cc1. The largest absolute Gasteiger partial charge is 0.497 e. The van der Waals surface area contributed by atoms with Crippen molar-refractivity contribution in [3.8, 4) is 5.75 Å². The maximum Gasteiger partial charge on any atom is 0.242 e. The van der Waals surface area contributed by atoms with Crippen LogP contribution in [0.15, 0.2) is 48.5 Å². The standard InChI is InChI=1S/C23H30N2O3/c1-16(2)24-23(27)18(4)25(15-20-10-12-21(28-5)13-11-20)22(26)14-19-8-6-17(3)7-9-19/h6-13,16,18H,14-15H2,1-5H3,(H,24,27)/t18-/m1/s1. The van der Waals surface area contributed by atoms with Gasteiger partial charge in [0, 0.05) is 12.6 Å². The van der Waals surface area contributed by atoms with Gasteiger partial charge < -0.3 is 15.0 Å². The van der Waals surface area contributed by atoms with Gasteiger partial charge in [0.15, 0.2) is 0 Å². The summed E-state index contributed by atoms with van der Waals surface area (Å²) in [6, 6.07) is 14.9. The Kier molecular flexibility index (Phi) is 7.61. The second kappa shape index (κ2) is 9.93. The number of nitrogens with zero attached hydrogens (tertiary/aromatic N) is 1. The minimum atomic E-state index is -0.567. The van der Waals surface area contributed by atoms with Crippen molar-refractivity contribution in [3.63, 3.8) is 0 Å². The quantitative estimate of drug-likeness (QED) is 0.760. The van der Waals surface area contributed by atoms with Crippen LogP contribution in [0.3, 0.4) is 0 Å². The van der Waals surface area contributed by atoms with Gasteiger partial charge >= 0.3 is 0 Å². The summed E-state index contributed by atoms with van der Waals surface area (Å²) >= 11 is 0. The number of hydrogen-bond acceptors (Lipinski definition) is 3. The monoisotopic (exact) mass is 382 g/mol. The molecule has 0 aliphatic rings. The first-order valence-corrected chi connectivity index (χ1v) is 9.58. The molecule has 5 heteroatoms. The molecule has 0 saturated carbocycles. The van der Waals surface area contributed by atoms with E-state index in [0.29, 0.717) is 6.54 Å². The van der Waals surface area contributed by atoms with Gasteiger partial charge in [-0.05, 0) is 51.0 Å². The third kappa shape index (κ3) is 6.12. The van der Waals surface area contributed by atoms with E-state index in [0.717, 1.165) is 22.4 Å². The zero-order valence-corrected chi connectivity index (χ0v) is 17.4. The molecule has 2 aromatic carbocycles. The maximum absolute atomic E-state index is 13.1. The van der Waals surface area contributed by atoms with E-state index in [1.165, 1.54) is 0 Å². The number of benzene rings is 2. The van der Waals surface area contributed by atoms with Crippen molar-refractivity contribution < 1.29 is 14.3 Å². The summed E-state index contributed by atoms with van der Waals surface area (Å²) in [5.41, 5.74) is 3.03. The minimum Gasteiger partial charge on any atom is -0.497 e. The van der Waals surface area contributed by atoms with Crippen LogP contribution in [0.1, 0.15) is 37.5 Å². The Labute approximate surface area is 167 Å². The molecule has 150 valence electrons. The van der Waals surface area contributed by atoms with Crippen LogP contribution in [0.4, 0.5) is 0 Å². The predicted molar refractivity (Wildman–Crippen MR) is 111 cm³/mol. The van der Waals surface area contributed by atoms with E-state index in [2.05, 4.69) is 5.32 Å². The van der Waals surface area contributed by atoms with Crippen molar-refractivity contribution in [2.75, 3.05) is 7.11 Å². The van der Waals surface area contributed by atoms with E-state index in [4.69, 9.17) is 4.74 Å². The van der Waals surface area contributed by atoms with E-state index >= 15 is 0 Å². The summed E-state index contributed by atoms with van der Waals surface area (Å²) in [5, 5.41) is 2.90. The second-order valence-electron chi connectivity index (χ2n) is 7.37. The molecule has 0 radical (unpaired) electrons. The average Bonchev–Trinajstić information content (AvgIpc) is 2.67. The highest BCUT2D eigenvalue weighted by Gasteiger charge is 2.26. The van der Waals surface area contributed by atoms with Crippen molar-refractivity contribution in [3.05, 3.63) is 65.2 Å². The van der Waals surface area contributed by atoms with E-state index in [-0.39, 0.29) is 24.3 Å². The number of carbonyl (C=O) groups excluding carboxylic acids is 2. The van der Waals surface area contributed by atoms with E-state index < -0.39 is 6.04 Å². The van der Waals surface area contributed by atoms with Gasteiger partial charge in [0.25, 0.3) is 0 Å². The number of ether oxygens (including phenoxy) is 1. The van der Waals surface area contributed by atoms with Crippen LogP contribution in [0.2, 0.25) is 0 Å². The summed E-state index contributed by atoms with van der Waals surface area (Å²) in [7, 11) is 1.62. The Hall–Kier alpha value is -2.82. The number of amides is 2. The number of rotatable bonds is 8. The van der Waals surface area contributed by atoms with Crippen LogP contribution in [-0.2, 0) is 22.6 Å². The Morgan fingerprint density at radius 3 is 2.07 bits per heavy atom. The fraction of sp³-hybridized carbons (Fsp3) is 0.391. The number of carbonyl (C=O) groups is 2. The Morgan fingerprint density at radius 2 is 1.54 bits per heavy atom. The second-order valence-corrected chi connectivity index (χ2v) is 7.37. The molecular formula is C23H30N2O3. The molecule has 0 saturated heterocycles. The molecule has 1 atom stereocenters. The molecule has 2 rings (SSSR count). The average molecular weight is 383 g/mol.